The molecule has 1 aliphatic rings. The molecule has 1 aliphatic heterocycles. The van der Waals surface area contributed by atoms with E-state index in [1.165, 1.54) is 7.11 Å². The molecular weight excluding hydrogens is 224 g/mol. The first-order valence-corrected chi connectivity index (χ1v) is 5.25. The van der Waals surface area contributed by atoms with Gasteiger partial charge in [-0.3, -0.25) is 4.79 Å². The molecule has 0 unspecified atom stereocenters. The monoisotopic (exact) mass is 238 g/mol. The minimum atomic E-state index is -0.844. The van der Waals surface area contributed by atoms with Crippen molar-refractivity contribution < 1.29 is 24.1 Å². The van der Waals surface area contributed by atoms with Gasteiger partial charge in [0.15, 0.2) is 6.10 Å². The largest absolute Gasteiger partial charge is 0.497 e. The number of esters is 1. The number of hydrogen-bond donors (Lipinski definition) is 1. The van der Waals surface area contributed by atoms with Gasteiger partial charge in [0, 0.05) is 5.56 Å². The van der Waals surface area contributed by atoms with Crippen molar-refractivity contribution in [2.24, 2.45) is 0 Å². The van der Waals surface area contributed by atoms with Crippen LogP contribution in [-0.4, -0.2) is 31.4 Å². The fourth-order valence-corrected chi connectivity index (χ4v) is 1.88. The lowest BCUT2D eigenvalue weighted by molar-refractivity contribution is -0.142. The van der Waals surface area contributed by atoms with Crippen LogP contribution in [0.2, 0.25) is 0 Å². The van der Waals surface area contributed by atoms with Crippen molar-refractivity contribution in [3.8, 4) is 11.5 Å². The van der Waals surface area contributed by atoms with E-state index in [9.17, 15) is 9.90 Å². The van der Waals surface area contributed by atoms with Crippen molar-refractivity contribution in [2.45, 2.75) is 18.6 Å². The zero-order chi connectivity index (χ0) is 12.4. The van der Waals surface area contributed by atoms with Gasteiger partial charge < -0.3 is 19.3 Å². The Hall–Kier alpha value is -1.75. The van der Waals surface area contributed by atoms with Gasteiger partial charge in [0.1, 0.15) is 17.6 Å². The first kappa shape index (κ1) is 11.7. The second-order valence-corrected chi connectivity index (χ2v) is 3.79. The quantitative estimate of drug-likeness (QED) is 0.797. The smallest absolute Gasteiger partial charge is 0.309 e. The molecule has 0 aromatic heterocycles. The number of carbonyl (C=O) groups is 1. The van der Waals surface area contributed by atoms with Crippen LogP contribution in [-0.2, 0) is 9.53 Å². The highest BCUT2D eigenvalue weighted by atomic mass is 16.6. The van der Waals surface area contributed by atoms with Gasteiger partial charge in [-0.25, -0.2) is 0 Å². The third kappa shape index (κ3) is 2.19. The van der Waals surface area contributed by atoms with Crippen LogP contribution in [0.1, 0.15) is 18.1 Å². The van der Waals surface area contributed by atoms with Crippen molar-refractivity contribution >= 4 is 5.97 Å². The van der Waals surface area contributed by atoms with E-state index in [2.05, 4.69) is 0 Å². The summed E-state index contributed by atoms with van der Waals surface area (Å²) in [5.41, 5.74) is 0.616. The topological polar surface area (TPSA) is 65.0 Å². The molecule has 92 valence electrons. The van der Waals surface area contributed by atoms with Crippen molar-refractivity contribution in [1.82, 2.24) is 0 Å². The summed E-state index contributed by atoms with van der Waals surface area (Å²) in [6.45, 7) is 0. The van der Waals surface area contributed by atoms with Crippen LogP contribution >= 0.6 is 0 Å². The maximum absolute atomic E-state index is 11.1. The predicted molar refractivity (Wildman–Crippen MR) is 59.0 cm³/mol. The Kier molecular flexibility index (Phi) is 3.19. The molecular formula is C12H14O5. The van der Waals surface area contributed by atoms with Crippen molar-refractivity contribution in [3.05, 3.63) is 23.8 Å². The molecule has 1 aromatic rings. The molecule has 1 N–H and O–H groups in total. The van der Waals surface area contributed by atoms with E-state index in [4.69, 9.17) is 14.2 Å². The Bertz CT molecular complexity index is 429. The molecule has 1 aromatic carbocycles. The molecule has 0 saturated carbocycles. The molecule has 17 heavy (non-hydrogen) atoms. The van der Waals surface area contributed by atoms with Crippen molar-refractivity contribution in [1.29, 1.82) is 0 Å². The summed E-state index contributed by atoms with van der Waals surface area (Å²) in [6, 6.07) is 5.16. The van der Waals surface area contributed by atoms with E-state index in [-0.39, 0.29) is 6.42 Å². The molecule has 1 heterocycles. The van der Waals surface area contributed by atoms with E-state index in [1.807, 2.05) is 0 Å². The molecule has 0 bridgehead atoms. The maximum Gasteiger partial charge on any atom is 0.309 e. The average molecular weight is 238 g/mol. The van der Waals surface area contributed by atoms with Crippen LogP contribution in [0.5, 0.6) is 11.5 Å². The molecule has 0 aliphatic carbocycles. The molecule has 5 nitrogen and oxygen atoms in total. The molecule has 0 amide bonds. The average Bonchev–Trinajstić information content (AvgIpc) is 2.67. The second kappa shape index (κ2) is 4.63. The summed E-state index contributed by atoms with van der Waals surface area (Å²) >= 11 is 0. The van der Waals surface area contributed by atoms with Gasteiger partial charge >= 0.3 is 5.97 Å². The molecule has 1 fully saturated rings. The van der Waals surface area contributed by atoms with Crippen LogP contribution in [0, 0.1) is 0 Å². The number of rotatable bonds is 3. The van der Waals surface area contributed by atoms with Gasteiger partial charge in [0.2, 0.25) is 0 Å². The fraction of sp³-hybridized carbons (Fsp3) is 0.417. The zero-order valence-corrected chi connectivity index (χ0v) is 9.67. The highest BCUT2D eigenvalue weighted by Gasteiger charge is 2.36. The van der Waals surface area contributed by atoms with Crippen molar-refractivity contribution in [2.75, 3.05) is 14.2 Å². The second-order valence-electron chi connectivity index (χ2n) is 3.79. The minimum Gasteiger partial charge on any atom is -0.497 e. The van der Waals surface area contributed by atoms with Gasteiger partial charge in [-0.2, -0.15) is 0 Å². The Morgan fingerprint density at radius 1 is 1.35 bits per heavy atom. The minimum absolute atomic E-state index is 0.00499. The van der Waals surface area contributed by atoms with Crippen LogP contribution in [0.4, 0.5) is 0 Å². The number of aliphatic hydroxyl groups is 1. The molecule has 2 atom stereocenters. The summed E-state index contributed by atoms with van der Waals surface area (Å²) in [7, 11) is 3.07. The van der Waals surface area contributed by atoms with Gasteiger partial charge in [-0.15, -0.1) is 0 Å². The molecule has 0 spiro atoms. The lowest BCUT2D eigenvalue weighted by atomic mass is 10.0. The highest BCUT2D eigenvalue weighted by molar-refractivity contribution is 5.73. The fourth-order valence-electron chi connectivity index (χ4n) is 1.88. The molecule has 1 saturated heterocycles. The van der Waals surface area contributed by atoms with Gasteiger partial charge in [0.05, 0.1) is 20.6 Å². The number of carbonyl (C=O) groups excluding carboxylic acids is 1. The SMILES string of the molecule is COc1ccc(OC)c([C@H]2OC(=O)C[C@H]2O)c1. The lowest BCUT2D eigenvalue weighted by Gasteiger charge is -2.17. The highest BCUT2D eigenvalue weighted by Crippen LogP contribution is 2.37. The summed E-state index contributed by atoms with van der Waals surface area (Å²) in [5.74, 6) is 0.771. The Morgan fingerprint density at radius 3 is 2.65 bits per heavy atom. The summed E-state index contributed by atoms with van der Waals surface area (Å²) < 4.78 is 15.4. The molecule has 0 radical (unpaired) electrons. The first-order chi connectivity index (χ1) is 8.15. The number of aliphatic hydroxyl groups excluding tert-OH is 1. The van der Waals surface area contributed by atoms with E-state index < -0.39 is 18.2 Å². The van der Waals surface area contributed by atoms with Crippen LogP contribution in [0.3, 0.4) is 0 Å². The van der Waals surface area contributed by atoms with Gasteiger partial charge in [-0.05, 0) is 18.2 Å². The molecule has 5 heteroatoms. The van der Waals surface area contributed by atoms with Crippen LogP contribution in [0.25, 0.3) is 0 Å². The third-order valence-corrected chi connectivity index (χ3v) is 2.73. The predicted octanol–water partition coefficient (Wildman–Crippen LogP) is 1.05. The van der Waals surface area contributed by atoms with Crippen LogP contribution in [0.15, 0.2) is 18.2 Å². The summed E-state index contributed by atoms with van der Waals surface area (Å²) in [5, 5.41) is 9.75. The standard InChI is InChI=1S/C12H14O5/c1-15-7-3-4-10(16-2)8(5-7)12-9(13)6-11(14)17-12/h3-5,9,12-13H,6H2,1-2H3/t9-,12-/m1/s1. The van der Waals surface area contributed by atoms with E-state index in [0.717, 1.165) is 0 Å². The Labute approximate surface area is 98.9 Å². The zero-order valence-electron chi connectivity index (χ0n) is 9.67. The van der Waals surface area contributed by atoms with Crippen LogP contribution < -0.4 is 9.47 Å². The third-order valence-electron chi connectivity index (χ3n) is 2.73. The van der Waals surface area contributed by atoms with Crippen molar-refractivity contribution in [3.63, 3.8) is 0 Å². The number of benzene rings is 1. The maximum atomic E-state index is 11.1. The molecule has 2 rings (SSSR count). The van der Waals surface area contributed by atoms with E-state index in [1.54, 1.807) is 25.3 Å². The van der Waals surface area contributed by atoms with Gasteiger partial charge in [0.25, 0.3) is 0 Å². The Balaban J connectivity index is 2.38. The van der Waals surface area contributed by atoms with Gasteiger partial charge in [-0.1, -0.05) is 0 Å². The number of ether oxygens (including phenoxy) is 3. The number of methoxy groups -OCH3 is 2. The Morgan fingerprint density at radius 2 is 2.12 bits per heavy atom. The number of hydrogen-bond acceptors (Lipinski definition) is 5. The normalized spacial score (nSPS) is 23.4. The first-order valence-electron chi connectivity index (χ1n) is 5.25. The van der Waals surface area contributed by atoms with E-state index >= 15 is 0 Å². The summed E-state index contributed by atoms with van der Waals surface area (Å²) in [6.07, 6.45) is -1.53. The van der Waals surface area contributed by atoms with E-state index in [0.29, 0.717) is 17.1 Å². The summed E-state index contributed by atoms with van der Waals surface area (Å²) in [4.78, 5) is 11.1. The number of cyclic esters (lactones) is 1. The lowest BCUT2D eigenvalue weighted by Crippen LogP contribution is -2.13.